The number of halogens is 1. The predicted octanol–water partition coefficient (Wildman–Crippen LogP) is 2.19. The molecule has 1 N–H and O–H groups in total. The number of aromatic nitrogens is 4. The Morgan fingerprint density at radius 1 is 1.19 bits per heavy atom. The first-order valence-corrected chi connectivity index (χ1v) is 9.66. The summed E-state index contributed by atoms with van der Waals surface area (Å²) in [5, 5.41) is 14.1. The lowest BCUT2D eigenvalue weighted by Gasteiger charge is -2.09. The average Bonchev–Trinajstić information content (AvgIpc) is 3.00. The second-order valence-corrected chi connectivity index (χ2v) is 7.97. The van der Waals surface area contributed by atoms with Gasteiger partial charge in [0.25, 0.3) is 5.91 Å². The van der Waals surface area contributed by atoms with Crippen LogP contribution in [0.1, 0.15) is 10.4 Å². The third-order valence-electron chi connectivity index (χ3n) is 3.59. The third kappa shape index (κ3) is 3.73. The average molecular weight is 392 g/mol. The molecule has 0 saturated heterocycles. The number of anilines is 1. The minimum Gasteiger partial charge on any atom is -0.322 e. The molecular weight excluding hydrogens is 378 g/mol. The van der Waals surface area contributed by atoms with Crippen molar-refractivity contribution in [2.24, 2.45) is 7.05 Å². The number of carbonyl (C=O) groups excluding carboxylic acids is 1. The molecule has 0 aliphatic heterocycles. The normalized spacial score (nSPS) is 11.3. The number of carbonyl (C=O) groups is 1. The van der Waals surface area contributed by atoms with Gasteiger partial charge in [-0.3, -0.25) is 4.79 Å². The minimum absolute atomic E-state index is 0.0702. The van der Waals surface area contributed by atoms with Gasteiger partial charge < -0.3 is 5.32 Å². The summed E-state index contributed by atoms with van der Waals surface area (Å²) in [6.07, 6.45) is 1.04. The van der Waals surface area contributed by atoms with Gasteiger partial charge in [0.1, 0.15) is 0 Å². The Morgan fingerprint density at radius 2 is 1.96 bits per heavy atom. The molecule has 0 unspecified atom stereocenters. The van der Waals surface area contributed by atoms with E-state index in [0.717, 1.165) is 11.8 Å². The number of rotatable bonds is 4. The van der Waals surface area contributed by atoms with Gasteiger partial charge in [0.05, 0.1) is 9.92 Å². The van der Waals surface area contributed by atoms with Crippen molar-refractivity contribution in [3.05, 3.63) is 53.1 Å². The summed E-state index contributed by atoms with van der Waals surface area (Å²) in [5.41, 5.74) is 1.43. The van der Waals surface area contributed by atoms with Crippen molar-refractivity contribution in [3.8, 4) is 11.4 Å². The number of hydrogen-bond acceptors (Lipinski definition) is 6. The fraction of sp³-hybridized carbons (Fsp3) is 0.125. The van der Waals surface area contributed by atoms with E-state index in [-0.39, 0.29) is 15.5 Å². The molecule has 0 aliphatic rings. The Kier molecular flexibility index (Phi) is 4.75. The van der Waals surface area contributed by atoms with E-state index in [1.54, 1.807) is 25.2 Å². The molecule has 0 aliphatic carbocycles. The van der Waals surface area contributed by atoms with Crippen molar-refractivity contribution in [1.82, 2.24) is 20.2 Å². The molecule has 0 bridgehead atoms. The summed E-state index contributed by atoms with van der Waals surface area (Å²) in [5.74, 6) is 0.0896. The Morgan fingerprint density at radius 3 is 2.62 bits per heavy atom. The molecule has 0 fully saturated rings. The number of sulfone groups is 1. The van der Waals surface area contributed by atoms with Crippen LogP contribution in [0.15, 0.2) is 47.4 Å². The van der Waals surface area contributed by atoms with E-state index in [2.05, 4.69) is 20.8 Å². The number of aryl methyl sites for hydroxylation is 1. The van der Waals surface area contributed by atoms with Gasteiger partial charge in [0.15, 0.2) is 15.7 Å². The van der Waals surface area contributed by atoms with Crippen molar-refractivity contribution < 1.29 is 13.2 Å². The molecule has 10 heteroatoms. The van der Waals surface area contributed by atoms with Gasteiger partial charge in [0.2, 0.25) is 0 Å². The molecule has 0 radical (unpaired) electrons. The molecule has 0 spiro atoms. The van der Waals surface area contributed by atoms with Crippen LogP contribution in [-0.2, 0) is 16.9 Å². The number of nitrogens with zero attached hydrogens (tertiary/aromatic N) is 4. The van der Waals surface area contributed by atoms with Gasteiger partial charge >= 0.3 is 0 Å². The summed E-state index contributed by atoms with van der Waals surface area (Å²) < 4.78 is 25.0. The highest BCUT2D eigenvalue weighted by atomic mass is 35.5. The number of hydrogen-bond donors (Lipinski definition) is 1. The van der Waals surface area contributed by atoms with Crippen LogP contribution < -0.4 is 5.32 Å². The zero-order valence-electron chi connectivity index (χ0n) is 13.8. The van der Waals surface area contributed by atoms with Crippen LogP contribution >= 0.6 is 11.6 Å². The fourth-order valence-electron chi connectivity index (χ4n) is 2.34. The highest BCUT2D eigenvalue weighted by Gasteiger charge is 2.16. The van der Waals surface area contributed by atoms with E-state index in [9.17, 15) is 13.2 Å². The van der Waals surface area contributed by atoms with E-state index in [1.165, 1.54) is 22.9 Å². The summed E-state index contributed by atoms with van der Waals surface area (Å²) >= 11 is 5.91. The molecular formula is C16H14ClN5O3S. The Balaban J connectivity index is 1.89. The van der Waals surface area contributed by atoms with E-state index < -0.39 is 15.7 Å². The van der Waals surface area contributed by atoms with E-state index >= 15 is 0 Å². The van der Waals surface area contributed by atoms with Crippen molar-refractivity contribution in [2.75, 3.05) is 11.6 Å². The Labute approximate surface area is 154 Å². The monoisotopic (exact) mass is 391 g/mol. The van der Waals surface area contributed by atoms with Crippen molar-refractivity contribution in [1.29, 1.82) is 0 Å². The molecule has 0 saturated carbocycles. The van der Waals surface area contributed by atoms with Gasteiger partial charge in [-0.25, -0.2) is 13.1 Å². The molecule has 0 atom stereocenters. The second kappa shape index (κ2) is 6.85. The van der Waals surface area contributed by atoms with Crippen LogP contribution in [0.4, 0.5) is 5.69 Å². The lowest BCUT2D eigenvalue weighted by Crippen LogP contribution is -2.13. The maximum absolute atomic E-state index is 12.5. The SMILES string of the molecule is Cn1nnnc1-c1cccc(NC(=O)c2ccc(Cl)c(S(C)(=O)=O)c2)c1. The standard InChI is InChI=1S/C16H14ClN5O3S/c1-22-15(19-20-21-22)10-4-3-5-12(8-10)18-16(23)11-6-7-13(17)14(9-11)26(2,24)25/h3-9H,1-2H3,(H,18,23). The molecule has 8 nitrogen and oxygen atoms in total. The number of nitrogens with one attached hydrogen (secondary N) is 1. The fourth-order valence-corrected chi connectivity index (χ4v) is 3.64. The van der Waals surface area contributed by atoms with Crippen molar-refractivity contribution in [3.63, 3.8) is 0 Å². The first-order chi connectivity index (χ1) is 12.3. The molecule has 1 amide bonds. The molecule has 3 aromatic rings. The molecule has 134 valence electrons. The van der Waals surface area contributed by atoms with Crippen molar-refractivity contribution >= 4 is 33.0 Å². The minimum atomic E-state index is -3.54. The second-order valence-electron chi connectivity index (χ2n) is 5.58. The zero-order valence-corrected chi connectivity index (χ0v) is 15.4. The topological polar surface area (TPSA) is 107 Å². The summed E-state index contributed by atoms with van der Waals surface area (Å²) in [4.78, 5) is 12.4. The van der Waals surface area contributed by atoms with Gasteiger partial charge in [-0.1, -0.05) is 23.7 Å². The van der Waals surface area contributed by atoms with Crippen LogP contribution in [0.5, 0.6) is 0 Å². The summed E-state index contributed by atoms with van der Waals surface area (Å²) in [6.45, 7) is 0. The predicted molar refractivity (Wildman–Crippen MR) is 96.7 cm³/mol. The summed E-state index contributed by atoms with van der Waals surface area (Å²) in [6, 6.07) is 11.1. The van der Waals surface area contributed by atoms with Gasteiger partial charge in [-0.05, 0) is 40.8 Å². The quantitative estimate of drug-likeness (QED) is 0.730. The first kappa shape index (κ1) is 18.0. The molecule has 2 aromatic carbocycles. The largest absolute Gasteiger partial charge is 0.322 e. The molecule has 1 heterocycles. The van der Waals surface area contributed by atoms with E-state index in [1.807, 2.05) is 6.07 Å². The van der Waals surface area contributed by atoms with Crippen LogP contribution in [0, 0.1) is 0 Å². The number of amides is 1. The highest BCUT2D eigenvalue weighted by Crippen LogP contribution is 2.24. The van der Waals surface area contributed by atoms with E-state index in [4.69, 9.17) is 11.6 Å². The Bertz CT molecular complexity index is 1090. The first-order valence-electron chi connectivity index (χ1n) is 7.39. The number of tetrazole rings is 1. The van der Waals surface area contributed by atoms with Crippen LogP contribution in [-0.4, -0.2) is 40.8 Å². The van der Waals surface area contributed by atoms with E-state index in [0.29, 0.717) is 11.5 Å². The van der Waals surface area contributed by atoms with Gasteiger partial charge in [0, 0.05) is 30.1 Å². The molecule has 1 aromatic heterocycles. The zero-order chi connectivity index (χ0) is 18.9. The highest BCUT2D eigenvalue weighted by molar-refractivity contribution is 7.90. The van der Waals surface area contributed by atoms with Gasteiger partial charge in [-0.2, -0.15) is 0 Å². The van der Waals surface area contributed by atoms with Crippen LogP contribution in [0.3, 0.4) is 0 Å². The molecule has 26 heavy (non-hydrogen) atoms. The van der Waals surface area contributed by atoms with Crippen LogP contribution in [0.2, 0.25) is 5.02 Å². The molecule has 3 rings (SSSR count). The Hall–Kier alpha value is -2.78. The lowest BCUT2D eigenvalue weighted by atomic mass is 10.1. The smallest absolute Gasteiger partial charge is 0.255 e. The van der Waals surface area contributed by atoms with Crippen LogP contribution in [0.25, 0.3) is 11.4 Å². The van der Waals surface area contributed by atoms with Gasteiger partial charge in [-0.15, -0.1) is 5.10 Å². The third-order valence-corrected chi connectivity index (χ3v) is 5.17. The summed E-state index contributed by atoms with van der Waals surface area (Å²) in [7, 11) is -1.83. The maximum atomic E-state index is 12.5. The number of benzene rings is 2. The lowest BCUT2D eigenvalue weighted by molar-refractivity contribution is 0.102. The maximum Gasteiger partial charge on any atom is 0.255 e. The van der Waals surface area contributed by atoms with Crippen molar-refractivity contribution in [2.45, 2.75) is 4.90 Å².